The second-order valence-corrected chi connectivity index (χ2v) is 4.02. The van der Waals surface area contributed by atoms with Crippen LogP contribution < -0.4 is 0 Å². The molecule has 1 aliphatic rings. The topological polar surface area (TPSA) is 61.1 Å². The van der Waals surface area contributed by atoms with E-state index < -0.39 is 5.97 Å². The fourth-order valence-electron chi connectivity index (χ4n) is 1.84. The van der Waals surface area contributed by atoms with E-state index in [0.717, 1.165) is 31.6 Å². The molecule has 1 N–H and O–H groups in total. The molecule has 3 heteroatoms. The van der Waals surface area contributed by atoms with E-state index in [1.165, 1.54) is 0 Å². The van der Waals surface area contributed by atoms with Crippen LogP contribution in [0.4, 0.5) is 0 Å². The van der Waals surface area contributed by atoms with Gasteiger partial charge in [-0.1, -0.05) is 25.8 Å². The van der Waals surface area contributed by atoms with Crippen molar-refractivity contribution in [3.05, 3.63) is 11.6 Å². The summed E-state index contributed by atoms with van der Waals surface area (Å²) in [5, 5.41) is 17.2. The van der Waals surface area contributed by atoms with Gasteiger partial charge in [-0.3, -0.25) is 0 Å². The smallest absolute Gasteiger partial charge is 0.346 e. The lowest BCUT2D eigenvalue weighted by molar-refractivity contribution is -0.132. The molecule has 0 atom stereocenters. The van der Waals surface area contributed by atoms with Crippen LogP contribution in [0.25, 0.3) is 0 Å². The number of hydrogen-bond acceptors (Lipinski definition) is 2. The second kappa shape index (κ2) is 4.80. The Morgan fingerprint density at radius 3 is 2.43 bits per heavy atom. The van der Waals surface area contributed by atoms with E-state index in [-0.39, 0.29) is 11.5 Å². The number of allylic oxidation sites excluding steroid dienone is 1. The van der Waals surface area contributed by atoms with Gasteiger partial charge in [0, 0.05) is 0 Å². The fraction of sp³-hybridized carbons (Fsp3) is 0.636. The monoisotopic (exact) mass is 193 g/mol. The van der Waals surface area contributed by atoms with E-state index in [2.05, 4.69) is 6.92 Å². The summed E-state index contributed by atoms with van der Waals surface area (Å²) in [6.45, 7) is 2.21. The van der Waals surface area contributed by atoms with Crippen molar-refractivity contribution in [1.82, 2.24) is 0 Å². The zero-order chi connectivity index (χ0) is 10.6. The van der Waals surface area contributed by atoms with Gasteiger partial charge in [0.05, 0.1) is 0 Å². The minimum atomic E-state index is -1.11. The maximum atomic E-state index is 10.6. The largest absolute Gasteiger partial charge is 0.477 e. The van der Waals surface area contributed by atoms with Crippen LogP contribution in [0.3, 0.4) is 0 Å². The first kappa shape index (κ1) is 10.8. The number of rotatable bonds is 2. The first-order valence-electron chi connectivity index (χ1n) is 4.98. The predicted molar refractivity (Wildman–Crippen MR) is 52.5 cm³/mol. The molecule has 0 unspecified atom stereocenters. The summed E-state index contributed by atoms with van der Waals surface area (Å²) in [5.74, 6) is -0.0712. The Labute approximate surface area is 84.0 Å². The summed E-state index contributed by atoms with van der Waals surface area (Å²) >= 11 is 0. The van der Waals surface area contributed by atoms with Gasteiger partial charge >= 0.3 is 5.97 Å². The third-order valence-electron chi connectivity index (χ3n) is 2.81. The number of aliphatic carboxylic acids is 1. The number of carbonyl (C=O) groups is 1. The van der Waals surface area contributed by atoms with E-state index >= 15 is 0 Å². The minimum Gasteiger partial charge on any atom is -0.477 e. The Bertz CT molecular complexity index is 280. The van der Waals surface area contributed by atoms with Crippen molar-refractivity contribution in [1.29, 1.82) is 5.26 Å². The van der Waals surface area contributed by atoms with Crippen LogP contribution in [0.15, 0.2) is 11.6 Å². The predicted octanol–water partition coefficient (Wildman–Crippen LogP) is 2.35. The number of nitrogens with zero attached hydrogens (tertiary/aromatic N) is 1. The van der Waals surface area contributed by atoms with E-state index in [1.54, 1.807) is 12.1 Å². The van der Waals surface area contributed by atoms with Crippen molar-refractivity contribution < 1.29 is 9.90 Å². The van der Waals surface area contributed by atoms with Gasteiger partial charge in [0.25, 0.3) is 0 Å². The zero-order valence-corrected chi connectivity index (χ0v) is 8.36. The molecular weight excluding hydrogens is 178 g/mol. The van der Waals surface area contributed by atoms with Crippen LogP contribution in [0.1, 0.15) is 32.6 Å². The molecule has 0 aromatic carbocycles. The number of carboxylic acid groups (broad SMARTS) is 1. The van der Waals surface area contributed by atoms with Crippen molar-refractivity contribution in [3.8, 4) is 6.07 Å². The molecule has 0 amide bonds. The summed E-state index contributed by atoms with van der Waals surface area (Å²) in [5.41, 5.74) is -0.107. The molecular formula is C11H15NO2. The van der Waals surface area contributed by atoms with Gasteiger partial charge in [-0.15, -0.1) is 0 Å². The molecule has 76 valence electrons. The summed E-state index contributed by atoms with van der Waals surface area (Å²) in [4.78, 5) is 10.6. The maximum Gasteiger partial charge on any atom is 0.346 e. The third-order valence-corrected chi connectivity index (χ3v) is 2.81. The summed E-state index contributed by atoms with van der Waals surface area (Å²) in [6, 6.07) is 1.72. The molecule has 1 saturated carbocycles. The first-order chi connectivity index (χ1) is 6.63. The zero-order valence-electron chi connectivity index (χ0n) is 8.36. The molecule has 1 aliphatic carbocycles. The molecule has 0 aromatic rings. The van der Waals surface area contributed by atoms with Crippen LogP contribution in [-0.2, 0) is 4.79 Å². The van der Waals surface area contributed by atoms with Crippen molar-refractivity contribution >= 4 is 5.97 Å². The van der Waals surface area contributed by atoms with Gasteiger partial charge in [-0.25, -0.2) is 4.79 Å². The van der Waals surface area contributed by atoms with Crippen LogP contribution >= 0.6 is 0 Å². The summed E-state index contributed by atoms with van der Waals surface area (Å²) < 4.78 is 0. The highest BCUT2D eigenvalue weighted by Crippen LogP contribution is 2.29. The highest BCUT2D eigenvalue weighted by atomic mass is 16.4. The lowest BCUT2D eigenvalue weighted by Gasteiger charge is -2.23. The van der Waals surface area contributed by atoms with Gasteiger partial charge in [-0.2, -0.15) is 5.26 Å². The molecule has 0 aromatic heterocycles. The number of hydrogen-bond donors (Lipinski definition) is 1. The normalized spacial score (nSPS) is 28.1. The molecule has 0 saturated heterocycles. The van der Waals surface area contributed by atoms with Crippen LogP contribution in [0.2, 0.25) is 0 Å². The average Bonchev–Trinajstić information content (AvgIpc) is 2.16. The van der Waals surface area contributed by atoms with Crippen molar-refractivity contribution in [2.75, 3.05) is 0 Å². The molecule has 0 bridgehead atoms. The Hall–Kier alpha value is -1.30. The Morgan fingerprint density at radius 2 is 2.00 bits per heavy atom. The van der Waals surface area contributed by atoms with E-state index in [9.17, 15) is 4.79 Å². The van der Waals surface area contributed by atoms with Crippen molar-refractivity contribution in [2.45, 2.75) is 32.6 Å². The Kier molecular flexibility index (Phi) is 3.70. The van der Waals surface area contributed by atoms with E-state index in [4.69, 9.17) is 10.4 Å². The van der Waals surface area contributed by atoms with Crippen LogP contribution in [0, 0.1) is 23.2 Å². The van der Waals surface area contributed by atoms with Crippen molar-refractivity contribution in [3.63, 3.8) is 0 Å². The molecule has 0 heterocycles. The molecule has 0 aliphatic heterocycles. The Morgan fingerprint density at radius 1 is 1.43 bits per heavy atom. The quantitative estimate of drug-likeness (QED) is 0.541. The highest BCUT2D eigenvalue weighted by molar-refractivity contribution is 5.90. The molecule has 14 heavy (non-hydrogen) atoms. The van der Waals surface area contributed by atoms with Gasteiger partial charge < -0.3 is 5.11 Å². The maximum absolute atomic E-state index is 10.6. The third kappa shape index (κ3) is 2.88. The molecule has 1 rings (SSSR count). The summed E-state index contributed by atoms with van der Waals surface area (Å²) in [7, 11) is 0. The van der Waals surface area contributed by atoms with Gasteiger partial charge in [0.15, 0.2) is 0 Å². The molecule has 0 spiro atoms. The highest BCUT2D eigenvalue weighted by Gasteiger charge is 2.18. The average molecular weight is 193 g/mol. The molecule has 3 nitrogen and oxygen atoms in total. The SMILES string of the molecule is CC1CCC(/C=C(/C#N)C(=O)O)CC1. The lowest BCUT2D eigenvalue weighted by Crippen LogP contribution is -2.12. The fourth-order valence-corrected chi connectivity index (χ4v) is 1.84. The lowest BCUT2D eigenvalue weighted by atomic mass is 9.82. The standard InChI is InChI=1S/C11H15NO2/c1-8-2-4-9(5-3-8)6-10(7-12)11(13)14/h6,8-9H,2-5H2,1H3,(H,13,14)/b10-6-. The molecule has 1 fully saturated rings. The van der Waals surface area contributed by atoms with Gasteiger partial charge in [-0.05, 0) is 24.7 Å². The van der Waals surface area contributed by atoms with Crippen molar-refractivity contribution in [2.24, 2.45) is 11.8 Å². The van der Waals surface area contributed by atoms with Crippen LogP contribution in [0.5, 0.6) is 0 Å². The first-order valence-corrected chi connectivity index (χ1v) is 4.98. The molecule has 0 radical (unpaired) electrons. The Balaban J connectivity index is 2.59. The van der Waals surface area contributed by atoms with E-state index in [1.807, 2.05) is 0 Å². The minimum absolute atomic E-state index is 0.107. The number of carboxylic acids is 1. The second-order valence-electron chi connectivity index (χ2n) is 4.02. The number of nitriles is 1. The van der Waals surface area contributed by atoms with Gasteiger partial charge in [0.1, 0.15) is 11.6 Å². The van der Waals surface area contributed by atoms with Crippen LogP contribution in [-0.4, -0.2) is 11.1 Å². The van der Waals surface area contributed by atoms with E-state index in [0.29, 0.717) is 0 Å². The summed E-state index contributed by atoms with van der Waals surface area (Å²) in [6.07, 6.45) is 5.92. The van der Waals surface area contributed by atoms with Gasteiger partial charge in [0.2, 0.25) is 0 Å².